The predicted molar refractivity (Wildman–Crippen MR) is 72.5 cm³/mol. The number of hydrogen-bond acceptors (Lipinski definition) is 4. The summed E-state index contributed by atoms with van der Waals surface area (Å²) >= 11 is 0. The van der Waals surface area contributed by atoms with Crippen LogP contribution in [0.1, 0.15) is 35.8 Å². The van der Waals surface area contributed by atoms with Gasteiger partial charge in [0.05, 0.1) is 24.1 Å². The van der Waals surface area contributed by atoms with E-state index in [-0.39, 0.29) is 10.9 Å². The molecule has 1 aliphatic carbocycles. The van der Waals surface area contributed by atoms with Crippen molar-refractivity contribution in [2.75, 3.05) is 0 Å². The molecule has 0 aliphatic heterocycles. The third kappa shape index (κ3) is 2.14. The number of aryl methyl sites for hydroxylation is 2. The van der Waals surface area contributed by atoms with Gasteiger partial charge in [0.1, 0.15) is 4.90 Å². The maximum absolute atomic E-state index is 12.4. The van der Waals surface area contributed by atoms with Gasteiger partial charge in [-0.1, -0.05) is 0 Å². The summed E-state index contributed by atoms with van der Waals surface area (Å²) in [6.07, 6.45) is 5.77. The van der Waals surface area contributed by atoms with Gasteiger partial charge in [0.15, 0.2) is 0 Å². The van der Waals surface area contributed by atoms with Crippen molar-refractivity contribution in [2.45, 2.75) is 37.1 Å². The summed E-state index contributed by atoms with van der Waals surface area (Å²) in [6, 6.07) is -0.216. The Labute approximate surface area is 117 Å². The molecule has 1 unspecified atom stereocenters. The maximum Gasteiger partial charge on any atom is 0.244 e. The average Bonchev–Trinajstić information content (AvgIpc) is 2.97. The van der Waals surface area contributed by atoms with Gasteiger partial charge in [-0.25, -0.2) is 13.1 Å². The number of H-pyrrole nitrogens is 1. The first kappa shape index (κ1) is 13.3. The second-order valence-electron chi connectivity index (χ2n) is 5.10. The lowest BCUT2D eigenvalue weighted by atomic mass is 9.94. The van der Waals surface area contributed by atoms with Gasteiger partial charge in [-0.2, -0.15) is 10.2 Å². The molecular formula is C12H17N5O2S. The van der Waals surface area contributed by atoms with Crippen LogP contribution in [0.2, 0.25) is 0 Å². The summed E-state index contributed by atoms with van der Waals surface area (Å²) in [5.41, 5.74) is 2.62. The van der Waals surface area contributed by atoms with Crippen molar-refractivity contribution in [3.8, 4) is 0 Å². The van der Waals surface area contributed by atoms with E-state index in [1.165, 1.54) is 6.20 Å². The van der Waals surface area contributed by atoms with Crippen LogP contribution in [0, 0.1) is 6.92 Å². The second-order valence-corrected chi connectivity index (χ2v) is 6.78. The number of aromatic nitrogens is 4. The summed E-state index contributed by atoms with van der Waals surface area (Å²) in [5.74, 6) is 0. The molecule has 2 aromatic heterocycles. The molecule has 2 heterocycles. The number of hydrogen-bond donors (Lipinski definition) is 2. The molecule has 0 bridgehead atoms. The van der Waals surface area contributed by atoms with Crippen LogP contribution in [0.25, 0.3) is 0 Å². The van der Waals surface area contributed by atoms with Crippen LogP contribution in [0.15, 0.2) is 17.3 Å². The normalized spacial score (nSPS) is 19.0. The lowest BCUT2D eigenvalue weighted by Gasteiger charge is -2.23. The van der Waals surface area contributed by atoms with E-state index in [1.54, 1.807) is 13.1 Å². The third-order valence-corrected chi connectivity index (χ3v) is 5.33. The zero-order valence-electron chi connectivity index (χ0n) is 11.4. The first-order valence-corrected chi connectivity index (χ1v) is 8.00. The minimum Gasteiger partial charge on any atom is -0.281 e. The molecule has 0 fully saturated rings. The van der Waals surface area contributed by atoms with Crippen LogP contribution in [0.5, 0.6) is 0 Å². The van der Waals surface area contributed by atoms with Crippen LogP contribution in [0.3, 0.4) is 0 Å². The highest BCUT2D eigenvalue weighted by Gasteiger charge is 2.29. The molecule has 2 aromatic rings. The monoisotopic (exact) mass is 295 g/mol. The Hall–Kier alpha value is -1.67. The highest BCUT2D eigenvalue weighted by Crippen LogP contribution is 2.30. The van der Waals surface area contributed by atoms with Crippen molar-refractivity contribution >= 4 is 10.0 Å². The van der Waals surface area contributed by atoms with Gasteiger partial charge in [-0.15, -0.1) is 0 Å². The van der Waals surface area contributed by atoms with E-state index >= 15 is 0 Å². The van der Waals surface area contributed by atoms with E-state index in [9.17, 15) is 8.42 Å². The first-order chi connectivity index (χ1) is 9.49. The van der Waals surface area contributed by atoms with E-state index in [2.05, 4.69) is 20.0 Å². The van der Waals surface area contributed by atoms with E-state index in [4.69, 9.17) is 0 Å². The lowest BCUT2D eigenvalue weighted by Crippen LogP contribution is -2.31. The number of aromatic amines is 1. The van der Waals surface area contributed by atoms with Crippen LogP contribution < -0.4 is 4.72 Å². The fourth-order valence-corrected chi connectivity index (χ4v) is 4.08. The molecule has 7 nitrogen and oxygen atoms in total. The fourth-order valence-electron chi connectivity index (χ4n) is 2.69. The Morgan fingerprint density at radius 2 is 2.25 bits per heavy atom. The quantitative estimate of drug-likeness (QED) is 0.876. The standard InChI is InChI=1S/C12H17N5O2S/c1-8-12(7-13-15-8)20(18,19)16-10-4-3-5-11-9(10)6-14-17(11)2/h6-7,10,16H,3-5H2,1-2H3,(H,13,15). The zero-order valence-corrected chi connectivity index (χ0v) is 12.2. The SMILES string of the molecule is Cc1[nH]ncc1S(=O)(=O)NC1CCCc2c1cnn2C. The largest absolute Gasteiger partial charge is 0.281 e. The van der Waals surface area contributed by atoms with Gasteiger partial charge < -0.3 is 0 Å². The van der Waals surface area contributed by atoms with Crippen molar-refractivity contribution in [2.24, 2.45) is 7.05 Å². The van der Waals surface area contributed by atoms with Gasteiger partial charge in [0, 0.05) is 18.3 Å². The fraction of sp³-hybridized carbons (Fsp3) is 0.500. The highest BCUT2D eigenvalue weighted by molar-refractivity contribution is 7.89. The maximum atomic E-state index is 12.4. The molecule has 0 saturated heterocycles. The number of rotatable bonds is 3. The molecule has 2 N–H and O–H groups in total. The van der Waals surface area contributed by atoms with E-state index < -0.39 is 10.0 Å². The first-order valence-electron chi connectivity index (χ1n) is 6.52. The molecule has 3 rings (SSSR count). The Bertz CT molecular complexity index is 731. The van der Waals surface area contributed by atoms with Crippen LogP contribution >= 0.6 is 0 Å². The number of fused-ring (bicyclic) bond motifs is 1. The Morgan fingerprint density at radius 3 is 2.95 bits per heavy atom. The highest BCUT2D eigenvalue weighted by atomic mass is 32.2. The number of sulfonamides is 1. The zero-order chi connectivity index (χ0) is 14.3. The van der Waals surface area contributed by atoms with Crippen LogP contribution in [0.4, 0.5) is 0 Å². The summed E-state index contributed by atoms with van der Waals surface area (Å²) in [6.45, 7) is 1.69. The predicted octanol–water partition coefficient (Wildman–Crippen LogP) is 0.808. The van der Waals surface area contributed by atoms with Gasteiger partial charge >= 0.3 is 0 Å². The van der Waals surface area contributed by atoms with Crippen molar-refractivity contribution in [1.82, 2.24) is 24.7 Å². The van der Waals surface area contributed by atoms with E-state index in [0.717, 1.165) is 30.5 Å². The molecule has 20 heavy (non-hydrogen) atoms. The van der Waals surface area contributed by atoms with Gasteiger partial charge in [0.25, 0.3) is 0 Å². The van der Waals surface area contributed by atoms with Crippen molar-refractivity contribution in [3.63, 3.8) is 0 Å². The molecule has 0 spiro atoms. The molecular weight excluding hydrogens is 278 g/mol. The Morgan fingerprint density at radius 1 is 1.45 bits per heavy atom. The molecule has 1 aliphatic rings. The summed E-state index contributed by atoms with van der Waals surface area (Å²) < 4.78 is 29.4. The minimum absolute atomic E-state index is 0.202. The Kier molecular flexibility index (Phi) is 3.14. The van der Waals surface area contributed by atoms with Crippen molar-refractivity contribution < 1.29 is 8.42 Å². The Balaban J connectivity index is 1.91. The smallest absolute Gasteiger partial charge is 0.244 e. The molecule has 0 radical (unpaired) electrons. The molecule has 1 atom stereocenters. The van der Waals surface area contributed by atoms with Gasteiger partial charge in [-0.3, -0.25) is 9.78 Å². The summed E-state index contributed by atoms with van der Waals surface area (Å²) in [7, 11) is -1.68. The second kappa shape index (κ2) is 4.71. The van der Waals surface area contributed by atoms with Gasteiger partial charge in [0.2, 0.25) is 10.0 Å². The average molecular weight is 295 g/mol. The number of nitrogens with zero attached hydrogens (tertiary/aromatic N) is 3. The molecule has 8 heteroatoms. The molecule has 0 amide bonds. The van der Waals surface area contributed by atoms with Crippen LogP contribution in [-0.2, 0) is 23.5 Å². The van der Waals surface area contributed by atoms with Gasteiger partial charge in [-0.05, 0) is 26.2 Å². The summed E-state index contributed by atoms with van der Waals surface area (Å²) in [4.78, 5) is 0.202. The van der Waals surface area contributed by atoms with E-state index in [1.807, 2.05) is 11.7 Å². The van der Waals surface area contributed by atoms with Crippen LogP contribution in [-0.4, -0.2) is 28.4 Å². The number of nitrogens with one attached hydrogen (secondary N) is 2. The molecule has 108 valence electrons. The topological polar surface area (TPSA) is 92.7 Å². The minimum atomic E-state index is -3.56. The third-order valence-electron chi connectivity index (χ3n) is 3.75. The molecule has 0 saturated carbocycles. The molecule has 0 aromatic carbocycles. The van der Waals surface area contributed by atoms with Crippen molar-refractivity contribution in [1.29, 1.82) is 0 Å². The summed E-state index contributed by atoms with van der Waals surface area (Å²) in [5, 5.41) is 10.6. The lowest BCUT2D eigenvalue weighted by molar-refractivity contribution is 0.498. The van der Waals surface area contributed by atoms with Crippen molar-refractivity contribution in [3.05, 3.63) is 29.3 Å². The van der Waals surface area contributed by atoms with E-state index in [0.29, 0.717) is 5.69 Å².